The second-order valence-corrected chi connectivity index (χ2v) is 6.55. The van der Waals surface area contributed by atoms with Crippen LogP contribution < -0.4 is 16.0 Å². The lowest BCUT2D eigenvalue weighted by Crippen LogP contribution is -2.40. The number of anilines is 1. The number of guanidine groups is 1. The first-order valence-electron chi connectivity index (χ1n) is 7.88. The normalized spacial score (nSPS) is 11.7. The molecular weight excluding hydrogens is 494 g/mol. The molecule has 0 bridgehead atoms. The van der Waals surface area contributed by atoms with Crippen LogP contribution in [0.2, 0.25) is 0 Å². The van der Waals surface area contributed by atoms with Crippen LogP contribution in [0.25, 0.3) is 0 Å². The molecule has 27 heavy (non-hydrogen) atoms. The minimum absolute atomic E-state index is 0. The summed E-state index contributed by atoms with van der Waals surface area (Å²) < 4.78 is 37.8. The molecule has 0 aromatic carbocycles. The minimum atomic E-state index is -4.49. The first kappa shape index (κ1) is 23.3. The Bertz CT molecular complexity index is 736. The number of halogens is 4. The van der Waals surface area contributed by atoms with Crippen LogP contribution in [-0.4, -0.2) is 47.6 Å². The first-order chi connectivity index (χ1) is 12.4. The summed E-state index contributed by atoms with van der Waals surface area (Å²) in [6.07, 6.45) is -0.782. The summed E-state index contributed by atoms with van der Waals surface area (Å²) in [4.78, 5) is 16.8. The lowest BCUT2D eigenvalue weighted by atomic mass is 10.4. The van der Waals surface area contributed by atoms with Gasteiger partial charge in [-0.2, -0.15) is 13.2 Å². The number of rotatable bonds is 7. The molecule has 12 heteroatoms. The fourth-order valence-corrected chi connectivity index (χ4v) is 2.77. The van der Waals surface area contributed by atoms with Gasteiger partial charge in [0.25, 0.3) is 0 Å². The number of hydrogen-bond donors (Lipinski definition) is 3. The zero-order valence-electron chi connectivity index (χ0n) is 14.8. The Kier molecular flexibility index (Phi) is 9.69. The van der Waals surface area contributed by atoms with Crippen LogP contribution in [0.3, 0.4) is 0 Å². The van der Waals surface area contributed by atoms with Gasteiger partial charge in [0.05, 0.1) is 5.01 Å². The zero-order valence-corrected chi connectivity index (χ0v) is 17.9. The van der Waals surface area contributed by atoms with Gasteiger partial charge >= 0.3 is 6.18 Å². The Morgan fingerprint density at radius 1 is 1.19 bits per heavy atom. The summed E-state index contributed by atoms with van der Waals surface area (Å²) in [6.45, 7) is 3.47. The van der Waals surface area contributed by atoms with Gasteiger partial charge in [0.1, 0.15) is 5.69 Å². The Labute approximate surface area is 176 Å². The summed E-state index contributed by atoms with van der Waals surface area (Å²) in [5.74, 6) is 0.536. The van der Waals surface area contributed by atoms with Gasteiger partial charge in [0.2, 0.25) is 5.95 Å². The van der Waals surface area contributed by atoms with Crippen molar-refractivity contribution >= 4 is 47.2 Å². The van der Waals surface area contributed by atoms with E-state index < -0.39 is 11.9 Å². The Balaban J connectivity index is 0.00000364. The van der Waals surface area contributed by atoms with Gasteiger partial charge in [0.15, 0.2) is 5.96 Å². The van der Waals surface area contributed by atoms with Gasteiger partial charge in [-0.25, -0.2) is 15.0 Å². The van der Waals surface area contributed by atoms with Gasteiger partial charge in [-0.05, 0) is 13.0 Å². The van der Waals surface area contributed by atoms with Crippen LogP contribution in [0.4, 0.5) is 19.1 Å². The van der Waals surface area contributed by atoms with Crippen LogP contribution in [-0.2, 0) is 12.6 Å². The topological polar surface area (TPSA) is 87.1 Å². The first-order valence-corrected chi connectivity index (χ1v) is 8.70. The van der Waals surface area contributed by atoms with E-state index in [2.05, 4.69) is 35.9 Å². The number of aliphatic imine (C=N–C) groups is 1. The second-order valence-electron chi connectivity index (χ2n) is 5.23. The quantitative estimate of drug-likeness (QED) is 0.228. The maximum Gasteiger partial charge on any atom is 0.433 e. The number of aryl methyl sites for hydroxylation is 1. The van der Waals surface area contributed by atoms with Crippen molar-refractivity contribution in [3.63, 3.8) is 0 Å². The van der Waals surface area contributed by atoms with Gasteiger partial charge in [-0.1, -0.05) is 0 Å². The van der Waals surface area contributed by atoms with Crippen molar-refractivity contribution in [2.24, 2.45) is 4.99 Å². The molecule has 0 fully saturated rings. The Morgan fingerprint density at radius 3 is 2.56 bits per heavy atom. The smallest absolute Gasteiger partial charge is 0.356 e. The molecule has 7 nitrogen and oxygen atoms in total. The van der Waals surface area contributed by atoms with Crippen LogP contribution in [0, 0.1) is 6.92 Å². The highest BCUT2D eigenvalue weighted by Crippen LogP contribution is 2.27. The van der Waals surface area contributed by atoms with E-state index in [1.807, 2.05) is 13.1 Å². The van der Waals surface area contributed by atoms with E-state index >= 15 is 0 Å². The molecule has 0 unspecified atom stereocenters. The Morgan fingerprint density at radius 2 is 1.93 bits per heavy atom. The van der Waals surface area contributed by atoms with E-state index in [1.165, 1.54) is 4.88 Å². The molecule has 2 rings (SSSR count). The number of thiazole rings is 1. The molecule has 0 radical (unpaired) electrons. The average molecular weight is 515 g/mol. The van der Waals surface area contributed by atoms with Crippen molar-refractivity contribution in [2.45, 2.75) is 19.5 Å². The summed E-state index contributed by atoms with van der Waals surface area (Å²) in [6, 6.07) is 0.832. The highest BCUT2D eigenvalue weighted by Gasteiger charge is 2.32. The van der Waals surface area contributed by atoms with Crippen molar-refractivity contribution < 1.29 is 13.2 Å². The van der Waals surface area contributed by atoms with Gasteiger partial charge in [0, 0.05) is 50.4 Å². The molecule has 0 aliphatic carbocycles. The molecule has 3 N–H and O–H groups in total. The SMILES string of the molecule is CN=C(NCCNc1nccc(C(F)(F)F)n1)NCCc1ncc(C)s1.I. The molecule has 0 aliphatic heterocycles. The average Bonchev–Trinajstić information content (AvgIpc) is 3.02. The fourth-order valence-electron chi connectivity index (χ4n) is 1.98. The van der Waals surface area contributed by atoms with Crippen LogP contribution >= 0.6 is 35.3 Å². The third-order valence-corrected chi connectivity index (χ3v) is 4.14. The molecule has 0 spiro atoms. The van der Waals surface area contributed by atoms with Gasteiger partial charge in [-0.3, -0.25) is 4.99 Å². The number of nitrogens with zero attached hydrogens (tertiary/aromatic N) is 4. The van der Waals surface area contributed by atoms with E-state index in [1.54, 1.807) is 18.4 Å². The molecule has 0 saturated carbocycles. The highest BCUT2D eigenvalue weighted by molar-refractivity contribution is 14.0. The molecule has 0 aliphatic rings. The standard InChI is InChI=1S/C15H20F3N7S.HI/c1-10-9-24-12(26-10)4-6-20-13(19-2)22-7-8-23-14-21-5-3-11(25-14)15(16,17)18;/h3,5,9H,4,6-8H2,1-2H3,(H2,19,20,22)(H,21,23,25);1H. The van der Waals surface area contributed by atoms with E-state index in [4.69, 9.17) is 0 Å². The maximum atomic E-state index is 12.6. The van der Waals surface area contributed by atoms with Crippen LogP contribution in [0.15, 0.2) is 23.5 Å². The highest BCUT2D eigenvalue weighted by atomic mass is 127. The van der Waals surface area contributed by atoms with Crippen LogP contribution in [0.1, 0.15) is 15.6 Å². The van der Waals surface area contributed by atoms with Crippen LogP contribution in [0.5, 0.6) is 0 Å². The molecule has 0 amide bonds. The van der Waals surface area contributed by atoms with E-state index in [0.29, 0.717) is 25.6 Å². The Hall–Kier alpha value is -1.70. The molecule has 2 aromatic heterocycles. The third kappa shape index (κ3) is 8.24. The third-order valence-electron chi connectivity index (χ3n) is 3.17. The predicted octanol–water partition coefficient (Wildman–Crippen LogP) is 2.70. The molecule has 2 aromatic rings. The summed E-state index contributed by atoms with van der Waals surface area (Å²) in [5.41, 5.74) is -0.974. The van der Waals surface area contributed by atoms with E-state index in [9.17, 15) is 13.2 Å². The van der Waals surface area contributed by atoms with Crippen molar-refractivity contribution in [1.29, 1.82) is 0 Å². The molecule has 0 saturated heterocycles. The second kappa shape index (κ2) is 11.2. The van der Waals surface area contributed by atoms with Gasteiger partial charge < -0.3 is 16.0 Å². The molecule has 150 valence electrons. The lowest BCUT2D eigenvalue weighted by molar-refractivity contribution is -0.141. The van der Waals surface area contributed by atoms with Crippen molar-refractivity contribution in [1.82, 2.24) is 25.6 Å². The minimum Gasteiger partial charge on any atom is -0.356 e. The maximum absolute atomic E-state index is 12.6. The zero-order chi connectivity index (χ0) is 19.0. The van der Waals surface area contributed by atoms with Crippen molar-refractivity contribution in [3.8, 4) is 0 Å². The van der Waals surface area contributed by atoms with E-state index in [-0.39, 0.29) is 29.9 Å². The molecular formula is C15H21F3IN7S. The molecule has 2 heterocycles. The van der Waals surface area contributed by atoms with Gasteiger partial charge in [-0.15, -0.1) is 35.3 Å². The van der Waals surface area contributed by atoms with Crippen molar-refractivity contribution in [2.75, 3.05) is 32.0 Å². The fraction of sp³-hybridized carbons (Fsp3) is 0.467. The largest absolute Gasteiger partial charge is 0.433 e. The summed E-state index contributed by atoms with van der Waals surface area (Å²) in [5, 5.41) is 10.0. The van der Waals surface area contributed by atoms with Crippen molar-refractivity contribution in [3.05, 3.63) is 34.0 Å². The number of hydrogen-bond acceptors (Lipinski definition) is 6. The molecule has 0 atom stereocenters. The van der Waals surface area contributed by atoms with E-state index in [0.717, 1.165) is 23.7 Å². The summed E-state index contributed by atoms with van der Waals surface area (Å²) in [7, 11) is 1.65. The summed E-state index contributed by atoms with van der Waals surface area (Å²) >= 11 is 1.65. The number of alkyl halides is 3. The monoisotopic (exact) mass is 515 g/mol. The number of aromatic nitrogens is 3. The predicted molar refractivity (Wildman–Crippen MR) is 111 cm³/mol. The lowest BCUT2D eigenvalue weighted by Gasteiger charge is -2.12. The number of nitrogens with one attached hydrogen (secondary N) is 3.